The van der Waals surface area contributed by atoms with Gasteiger partial charge in [0.05, 0.1) is 11.2 Å². The number of aromatic nitrogens is 1. The highest BCUT2D eigenvalue weighted by atomic mass is 32.1. The summed E-state index contributed by atoms with van der Waals surface area (Å²) in [6.45, 7) is 1.64. The summed E-state index contributed by atoms with van der Waals surface area (Å²) in [5.74, 6) is -0.384. The number of carbonyl (C=O) groups is 1. The number of hydrogen-bond acceptors (Lipinski definition) is 4. The maximum absolute atomic E-state index is 10.7. The molecule has 15 heavy (non-hydrogen) atoms. The monoisotopic (exact) mass is 227 g/mol. The van der Waals surface area contributed by atoms with Gasteiger partial charge in [0.25, 0.3) is 0 Å². The lowest BCUT2D eigenvalue weighted by Crippen LogP contribution is -2.19. The molecule has 1 aliphatic rings. The Labute approximate surface area is 91.9 Å². The molecule has 1 saturated heterocycles. The lowest BCUT2D eigenvalue weighted by atomic mass is 9.99. The van der Waals surface area contributed by atoms with E-state index in [0.717, 1.165) is 37.5 Å². The average molecular weight is 227 g/mol. The lowest BCUT2D eigenvalue weighted by Gasteiger charge is -2.20. The minimum atomic E-state index is -0.890. The van der Waals surface area contributed by atoms with Crippen LogP contribution in [0.2, 0.25) is 0 Å². The van der Waals surface area contributed by atoms with Crippen molar-refractivity contribution in [2.45, 2.75) is 19.3 Å². The molecule has 2 rings (SSSR count). The number of carboxylic acid groups (broad SMARTS) is 1. The highest BCUT2D eigenvalue weighted by Crippen LogP contribution is 2.21. The van der Waals surface area contributed by atoms with Gasteiger partial charge in [-0.1, -0.05) is 0 Å². The smallest absolute Gasteiger partial charge is 0.347 e. The van der Waals surface area contributed by atoms with Gasteiger partial charge in [-0.2, -0.15) is 0 Å². The molecule has 0 aromatic carbocycles. The van der Waals surface area contributed by atoms with Crippen molar-refractivity contribution in [2.75, 3.05) is 13.2 Å². The third-order valence-electron chi connectivity index (χ3n) is 2.48. The Hall–Kier alpha value is -0.940. The molecule has 2 heterocycles. The number of rotatable bonds is 3. The number of aromatic carboxylic acids is 1. The molecular formula is C10H13NO3S. The Morgan fingerprint density at radius 3 is 3.20 bits per heavy atom. The summed E-state index contributed by atoms with van der Waals surface area (Å²) >= 11 is 1.27. The van der Waals surface area contributed by atoms with Crippen molar-refractivity contribution in [3.05, 3.63) is 16.1 Å². The van der Waals surface area contributed by atoms with Crippen LogP contribution in [0.5, 0.6) is 0 Å². The first-order valence-electron chi connectivity index (χ1n) is 5.01. The average Bonchev–Trinajstić information content (AvgIpc) is 2.68. The van der Waals surface area contributed by atoms with Gasteiger partial charge in [-0.05, 0) is 18.8 Å². The Balaban J connectivity index is 1.94. The summed E-state index contributed by atoms with van der Waals surface area (Å²) in [6.07, 6.45) is 4.54. The Bertz CT molecular complexity index is 344. The van der Waals surface area contributed by atoms with E-state index in [1.807, 2.05) is 0 Å². The maximum atomic E-state index is 10.7. The van der Waals surface area contributed by atoms with E-state index in [9.17, 15) is 4.79 Å². The van der Waals surface area contributed by atoms with Crippen LogP contribution in [0.1, 0.15) is 27.5 Å². The molecular weight excluding hydrogens is 214 g/mol. The van der Waals surface area contributed by atoms with Crippen LogP contribution in [0.25, 0.3) is 0 Å². The molecule has 5 heteroatoms. The summed E-state index contributed by atoms with van der Waals surface area (Å²) in [4.78, 5) is 15.1. The molecule has 0 spiro atoms. The molecule has 1 aliphatic heterocycles. The first kappa shape index (κ1) is 10.6. The van der Waals surface area contributed by atoms with Gasteiger partial charge in [-0.3, -0.25) is 0 Å². The van der Waals surface area contributed by atoms with Crippen molar-refractivity contribution in [1.29, 1.82) is 0 Å². The van der Waals surface area contributed by atoms with E-state index in [1.54, 1.807) is 0 Å². The van der Waals surface area contributed by atoms with Gasteiger partial charge in [0, 0.05) is 19.6 Å². The van der Waals surface area contributed by atoms with E-state index >= 15 is 0 Å². The molecule has 1 N–H and O–H groups in total. The molecule has 0 bridgehead atoms. The largest absolute Gasteiger partial charge is 0.477 e. The molecule has 1 aromatic rings. The van der Waals surface area contributed by atoms with Crippen molar-refractivity contribution < 1.29 is 14.6 Å². The Morgan fingerprint density at radius 2 is 2.60 bits per heavy atom. The predicted octanol–water partition coefficient (Wildman–Crippen LogP) is 1.81. The van der Waals surface area contributed by atoms with Gasteiger partial charge in [0.2, 0.25) is 0 Å². The molecule has 4 nitrogen and oxygen atoms in total. The van der Waals surface area contributed by atoms with E-state index < -0.39 is 5.97 Å². The van der Waals surface area contributed by atoms with Crippen molar-refractivity contribution in [2.24, 2.45) is 5.92 Å². The van der Waals surface area contributed by atoms with Crippen molar-refractivity contribution in [1.82, 2.24) is 4.98 Å². The minimum Gasteiger partial charge on any atom is -0.477 e. The molecule has 0 aliphatic carbocycles. The molecule has 0 amide bonds. The normalized spacial score (nSPS) is 21.5. The molecule has 82 valence electrons. The molecule has 1 unspecified atom stereocenters. The zero-order valence-corrected chi connectivity index (χ0v) is 9.13. The van der Waals surface area contributed by atoms with Crippen molar-refractivity contribution in [3.63, 3.8) is 0 Å². The number of ether oxygens (including phenoxy) is 1. The van der Waals surface area contributed by atoms with Gasteiger partial charge in [0.1, 0.15) is 4.88 Å². The van der Waals surface area contributed by atoms with Crippen molar-refractivity contribution in [3.8, 4) is 0 Å². The first-order valence-corrected chi connectivity index (χ1v) is 5.83. The second kappa shape index (κ2) is 4.72. The fourth-order valence-corrected chi connectivity index (χ4v) is 2.59. The van der Waals surface area contributed by atoms with E-state index in [1.165, 1.54) is 17.5 Å². The number of carboxylic acids is 1. The predicted molar refractivity (Wildman–Crippen MR) is 56.3 cm³/mol. The molecule has 0 radical (unpaired) electrons. The van der Waals surface area contributed by atoms with E-state index in [0.29, 0.717) is 10.8 Å². The fraction of sp³-hybridized carbons (Fsp3) is 0.600. The van der Waals surface area contributed by atoms with E-state index in [4.69, 9.17) is 9.84 Å². The lowest BCUT2D eigenvalue weighted by molar-refractivity contribution is 0.0550. The zero-order valence-electron chi connectivity index (χ0n) is 8.31. The highest BCUT2D eigenvalue weighted by Gasteiger charge is 2.17. The summed E-state index contributed by atoms with van der Waals surface area (Å²) < 4.78 is 5.37. The summed E-state index contributed by atoms with van der Waals surface area (Å²) in [5.41, 5.74) is 0. The van der Waals surface area contributed by atoms with E-state index in [-0.39, 0.29) is 0 Å². The summed E-state index contributed by atoms with van der Waals surface area (Å²) in [7, 11) is 0. The number of hydrogen-bond donors (Lipinski definition) is 1. The minimum absolute atomic E-state index is 0.321. The topological polar surface area (TPSA) is 59.4 Å². The molecule has 0 saturated carbocycles. The van der Waals surface area contributed by atoms with Gasteiger partial charge < -0.3 is 9.84 Å². The van der Waals surface area contributed by atoms with Gasteiger partial charge in [-0.25, -0.2) is 9.78 Å². The quantitative estimate of drug-likeness (QED) is 0.855. The number of thiazole rings is 1. The second-order valence-electron chi connectivity index (χ2n) is 3.71. The van der Waals surface area contributed by atoms with Crippen LogP contribution >= 0.6 is 11.3 Å². The van der Waals surface area contributed by atoms with Crippen LogP contribution in [0.4, 0.5) is 0 Å². The van der Waals surface area contributed by atoms with Crippen LogP contribution in [0.15, 0.2) is 6.20 Å². The molecule has 1 atom stereocenters. The molecule has 1 fully saturated rings. The standard InChI is InChI=1S/C10H13NO3S/c12-10(13)8-5-11-9(15-8)4-7-2-1-3-14-6-7/h5,7H,1-4,6H2,(H,12,13). The third-order valence-corrected chi connectivity index (χ3v) is 3.49. The first-order chi connectivity index (χ1) is 7.25. The Morgan fingerprint density at radius 1 is 1.73 bits per heavy atom. The molecule has 1 aromatic heterocycles. The Kier molecular flexibility index (Phi) is 3.33. The van der Waals surface area contributed by atoms with Gasteiger partial charge in [0.15, 0.2) is 0 Å². The van der Waals surface area contributed by atoms with Crippen LogP contribution in [0, 0.1) is 5.92 Å². The fourth-order valence-electron chi connectivity index (χ4n) is 1.72. The van der Waals surface area contributed by atoms with Crippen molar-refractivity contribution >= 4 is 17.3 Å². The van der Waals surface area contributed by atoms with Gasteiger partial charge >= 0.3 is 5.97 Å². The zero-order chi connectivity index (χ0) is 10.7. The number of nitrogens with zero attached hydrogens (tertiary/aromatic N) is 1. The highest BCUT2D eigenvalue weighted by molar-refractivity contribution is 7.13. The van der Waals surface area contributed by atoms with Gasteiger partial charge in [-0.15, -0.1) is 11.3 Å². The second-order valence-corrected chi connectivity index (χ2v) is 4.83. The maximum Gasteiger partial charge on any atom is 0.347 e. The SMILES string of the molecule is O=C(O)c1cnc(CC2CCCOC2)s1. The van der Waals surface area contributed by atoms with Crippen LogP contribution < -0.4 is 0 Å². The summed E-state index contributed by atoms with van der Waals surface area (Å²) in [5, 5.41) is 9.66. The van der Waals surface area contributed by atoms with Crippen LogP contribution in [0.3, 0.4) is 0 Å². The summed E-state index contributed by atoms with van der Waals surface area (Å²) in [6, 6.07) is 0. The van der Waals surface area contributed by atoms with Crippen LogP contribution in [-0.2, 0) is 11.2 Å². The van der Waals surface area contributed by atoms with Crippen LogP contribution in [-0.4, -0.2) is 29.3 Å². The third kappa shape index (κ3) is 2.76. The van der Waals surface area contributed by atoms with E-state index in [2.05, 4.69) is 4.98 Å².